The monoisotopic (exact) mass is 266 g/mol. The topological polar surface area (TPSA) is 70.1 Å². The van der Waals surface area contributed by atoms with E-state index in [2.05, 4.69) is 41.4 Å². The summed E-state index contributed by atoms with van der Waals surface area (Å²) in [5.74, 6) is 1.82. The third-order valence-electron chi connectivity index (χ3n) is 2.69. The van der Waals surface area contributed by atoms with E-state index in [9.17, 15) is 5.11 Å². The average molecular weight is 266 g/mol. The van der Waals surface area contributed by atoms with Crippen LogP contribution in [-0.4, -0.2) is 33.8 Å². The first kappa shape index (κ1) is 15.7. The van der Waals surface area contributed by atoms with Gasteiger partial charge in [0.2, 0.25) is 5.95 Å². The van der Waals surface area contributed by atoms with E-state index < -0.39 is 5.60 Å². The van der Waals surface area contributed by atoms with Crippen LogP contribution in [0.3, 0.4) is 0 Å². The van der Waals surface area contributed by atoms with Crippen LogP contribution in [0, 0.1) is 5.92 Å². The molecule has 5 heteroatoms. The summed E-state index contributed by atoms with van der Waals surface area (Å²) in [6.45, 7) is 9.48. The molecule has 0 radical (unpaired) electrons. The number of nitrogens with one attached hydrogen (secondary N) is 2. The van der Waals surface area contributed by atoms with E-state index in [0.717, 1.165) is 25.2 Å². The molecule has 5 nitrogen and oxygen atoms in total. The minimum absolute atomic E-state index is 0.462. The molecule has 0 fully saturated rings. The Morgan fingerprint density at radius 2 is 2.11 bits per heavy atom. The Kier molecular flexibility index (Phi) is 6.02. The molecule has 0 aliphatic carbocycles. The molecule has 19 heavy (non-hydrogen) atoms. The molecule has 0 aliphatic heterocycles. The summed E-state index contributed by atoms with van der Waals surface area (Å²) in [4.78, 5) is 8.49. The van der Waals surface area contributed by atoms with Crippen molar-refractivity contribution >= 4 is 11.8 Å². The molecule has 1 heterocycles. The zero-order valence-corrected chi connectivity index (χ0v) is 12.4. The minimum atomic E-state index is -0.726. The Balaban J connectivity index is 2.52. The zero-order chi connectivity index (χ0) is 14.3. The lowest BCUT2D eigenvalue weighted by atomic mass is 9.94. The molecule has 1 atom stereocenters. The molecule has 0 amide bonds. The number of aromatic nitrogens is 2. The fourth-order valence-electron chi connectivity index (χ4n) is 2.01. The van der Waals surface area contributed by atoms with Gasteiger partial charge < -0.3 is 15.7 Å². The molecule has 0 aromatic carbocycles. The van der Waals surface area contributed by atoms with Crippen LogP contribution in [0.4, 0.5) is 11.8 Å². The van der Waals surface area contributed by atoms with Crippen molar-refractivity contribution in [2.75, 3.05) is 23.7 Å². The zero-order valence-electron chi connectivity index (χ0n) is 12.4. The third kappa shape index (κ3) is 6.38. The van der Waals surface area contributed by atoms with Crippen molar-refractivity contribution in [2.24, 2.45) is 5.92 Å². The van der Waals surface area contributed by atoms with Gasteiger partial charge in [-0.15, -0.1) is 0 Å². The predicted octanol–water partition coefficient (Wildman–Crippen LogP) is 2.51. The van der Waals surface area contributed by atoms with Crippen molar-refractivity contribution in [1.29, 1.82) is 0 Å². The lowest BCUT2D eigenvalue weighted by Gasteiger charge is -2.25. The normalized spacial score (nSPS) is 14.2. The molecule has 0 saturated carbocycles. The highest BCUT2D eigenvalue weighted by Gasteiger charge is 2.21. The highest BCUT2D eigenvalue weighted by atomic mass is 16.3. The van der Waals surface area contributed by atoms with Gasteiger partial charge in [0.05, 0.1) is 5.60 Å². The van der Waals surface area contributed by atoms with E-state index in [0.29, 0.717) is 18.4 Å². The molecular weight excluding hydrogens is 240 g/mol. The SMILES string of the molecule is CCCNc1nccc(NCC(C)(O)CC(C)C)n1. The van der Waals surface area contributed by atoms with Crippen LogP contribution in [0.1, 0.15) is 40.5 Å². The average Bonchev–Trinajstić information content (AvgIpc) is 2.33. The summed E-state index contributed by atoms with van der Waals surface area (Å²) in [6, 6.07) is 1.81. The summed E-state index contributed by atoms with van der Waals surface area (Å²) in [6.07, 6.45) is 3.50. The van der Waals surface area contributed by atoms with Crippen LogP contribution in [0.2, 0.25) is 0 Å². The lowest BCUT2D eigenvalue weighted by Crippen LogP contribution is -2.35. The Bertz CT molecular complexity index is 379. The van der Waals surface area contributed by atoms with Gasteiger partial charge in [-0.3, -0.25) is 0 Å². The van der Waals surface area contributed by atoms with Crippen molar-refractivity contribution < 1.29 is 5.11 Å². The van der Waals surface area contributed by atoms with Crippen molar-refractivity contribution in [2.45, 2.75) is 46.1 Å². The number of aliphatic hydroxyl groups is 1. The van der Waals surface area contributed by atoms with Crippen LogP contribution in [0.25, 0.3) is 0 Å². The van der Waals surface area contributed by atoms with Gasteiger partial charge in [0.15, 0.2) is 0 Å². The molecule has 108 valence electrons. The summed E-state index contributed by atoms with van der Waals surface area (Å²) < 4.78 is 0. The predicted molar refractivity (Wildman–Crippen MR) is 79.4 cm³/mol. The van der Waals surface area contributed by atoms with Crippen LogP contribution >= 0.6 is 0 Å². The molecule has 0 saturated heterocycles. The molecule has 0 spiro atoms. The smallest absolute Gasteiger partial charge is 0.224 e. The van der Waals surface area contributed by atoms with Gasteiger partial charge in [-0.2, -0.15) is 4.98 Å². The Hall–Kier alpha value is -1.36. The first-order valence-corrected chi connectivity index (χ1v) is 6.96. The Morgan fingerprint density at radius 3 is 2.74 bits per heavy atom. The van der Waals surface area contributed by atoms with Gasteiger partial charge >= 0.3 is 0 Å². The first-order chi connectivity index (χ1) is 8.93. The number of hydrogen-bond acceptors (Lipinski definition) is 5. The van der Waals surface area contributed by atoms with E-state index in [-0.39, 0.29) is 0 Å². The van der Waals surface area contributed by atoms with Crippen molar-refractivity contribution in [3.05, 3.63) is 12.3 Å². The number of hydrogen-bond donors (Lipinski definition) is 3. The second-order valence-electron chi connectivity index (χ2n) is 5.64. The van der Waals surface area contributed by atoms with Crippen molar-refractivity contribution in [3.8, 4) is 0 Å². The molecule has 1 aromatic rings. The van der Waals surface area contributed by atoms with E-state index in [1.165, 1.54) is 0 Å². The summed E-state index contributed by atoms with van der Waals surface area (Å²) >= 11 is 0. The van der Waals surface area contributed by atoms with Crippen molar-refractivity contribution in [3.63, 3.8) is 0 Å². The van der Waals surface area contributed by atoms with Gasteiger partial charge in [0.25, 0.3) is 0 Å². The second-order valence-corrected chi connectivity index (χ2v) is 5.64. The lowest BCUT2D eigenvalue weighted by molar-refractivity contribution is 0.0515. The molecule has 1 aromatic heterocycles. The maximum atomic E-state index is 10.2. The van der Waals surface area contributed by atoms with Gasteiger partial charge in [-0.05, 0) is 31.7 Å². The van der Waals surface area contributed by atoms with Crippen LogP contribution in [0.5, 0.6) is 0 Å². The molecule has 0 bridgehead atoms. The number of anilines is 2. The van der Waals surface area contributed by atoms with Gasteiger partial charge in [-0.25, -0.2) is 4.98 Å². The molecular formula is C14H26N4O. The standard InChI is InChI=1S/C14H26N4O/c1-5-7-15-13-16-8-6-12(18-13)17-10-14(4,19)9-11(2)3/h6,8,11,19H,5,7,9-10H2,1-4H3,(H2,15,16,17,18). The minimum Gasteiger partial charge on any atom is -0.388 e. The van der Waals surface area contributed by atoms with E-state index >= 15 is 0 Å². The maximum Gasteiger partial charge on any atom is 0.224 e. The Labute approximate surface area is 115 Å². The molecule has 0 aliphatic rings. The highest BCUT2D eigenvalue weighted by molar-refractivity contribution is 5.39. The van der Waals surface area contributed by atoms with Crippen molar-refractivity contribution in [1.82, 2.24) is 9.97 Å². The van der Waals surface area contributed by atoms with Crippen LogP contribution in [0.15, 0.2) is 12.3 Å². The van der Waals surface area contributed by atoms with Crippen LogP contribution < -0.4 is 10.6 Å². The molecule has 1 rings (SSSR count). The molecule has 3 N–H and O–H groups in total. The first-order valence-electron chi connectivity index (χ1n) is 6.96. The second kappa shape index (κ2) is 7.28. The molecule has 1 unspecified atom stereocenters. The third-order valence-corrected chi connectivity index (χ3v) is 2.69. The Morgan fingerprint density at radius 1 is 1.37 bits per heavy atom. The quantitative estimate of drug-likeness (QED) is 0.674. The van der Waals surface area contributed by atoms with E-state index in [1.54, 1.807) is 6.20 Å². The summed E-state index contributed by atoms with van der Waals surface area (Å²) in [5, 5.41) is 16.5. The van der Waals surface area contributed by atoms with Gasteiger partial charge in [0.1, 0.15) is 5.82 Å². The van der Waals surface area contributed by atoms with E-state index in [1.807, 2.05) is 13.0 Å². The maximum absolute atomic E-state index is 10.2. The van der Waals surface area contributed by atoms with Crippen LogP contribution in [-0.2, 0) is 0 Å². The fraction of sp³-hybridized carbons (Fsp3) is 0.714. The highest BCUT2D eigenvalue weighted by Crippen LogP contribution is 2.17. The van der Waals surface area contributed by atoms with Gasteiger partial charge in [-0.1, -0.05) is 20.8 Å². The number of nitrogens with zero attached hydrogens (tertiary/aromatic N) is 2. The fourth-order valence-corrected chi connectivity index (χ4v) is 2.01. The summed E-state index contributed by atoms with van der Waals surface area (Å²) in [5.41, 5.74) is -0.726. The number of rotatable bonds is 8. The summed E-state index contributed by atoms with van der Waals surface area (Å²) in [7, 11) is 0. The largest absolute Gasteiger partial charge is 0.388 e. The van der Waals surface area contributed by atoms with E-state index in [4.69, 9.17) is 0 Å². The van der Waals surface area contributed by atoms with Gasteiger partial charge in [0, 0.05) is 19.3 Å².